The standard InChI is InChI=1S/C16H22O3/c1-12-9-15(18)10-13(12)7-8-14(17)11-19-16-5-3-2-4-6-16/h2-8,12-15,17-18H,9-11H2,1H3/b8-7+/t12-,13?,14-,15+/m1/s1. The maximum absolute atomic E-state index is 9.85. The van der Waals surface area contributed by atoms with Gasteiger partial charge in [-0.1, -0.05) is 37.3 Å². The SMILES string of the molecule is C[C@@H]1C[C@H](O)CC1/C=C/[C@@H](O)COc1ccccc1. The van der Waals surface area contributed by atoms with Crippen molar-refractivity contribution in [2.75, 3.05) is 6.61 Å². The van der Waals surface area contributed by atoms with Gasteiger partial charge in [-0.3, -0.25) is 0 Å². The molecule has 1 fully saturated rings. The average molecular weight is 262 g/mol. The summed E-state index contributed by atoms with van der Waals surface area (Å²) in [5.41, 5.74) is 0. The monoisotopic (exact) mass is 262 g/mol. The summed E-state index contributed by atoms with van der Waals surface area (Å²) in [6, 6.07) is 9.46. The van der Waals surface area contributed by atoms with Crippen molar-refractivity contribution < 1.29 is 14.9 Å². The summed E-state index contributed by atoms with van der Waals surface area (Å²) in [5.74, 6) is 1.61. The summed E-state index contributed by atoms with van der Waals surface area (Å²) in [7, 11) is 0. The van der Waals surface area contributed by atoms with Crippen molar-refractivity contribution in [3.05, 3.63) is 42.5 Å². The Bertz CT molecular complexity index is 402. The highest BCUT2D eigenvalue weighted by Gasteiger charge is 2.27. The minimum Gasteiger partial charge on any atom is -0.491 e. The van der Waals surface area contributed by atoms with Crippen LogP contribution in [-0.2, 0) is 0 Å². The number of benzene rings is 1. The van der Waals surface area contributed by atoms with Gasteiger partial charge in [-0.25, -0.2) is 0 Å². The van der Waals surface area contributed by atoms with Crippen molar-refractivity contribution in [2.45, 2.75) is 32.0 Å². The number of hydrogen-bond donors (Lipinski definition) is 2. The first-order valence-electron chi connectivity index (χ1n) is 6.87. The van der Waals surface area contributed by atoms with Crippen molar-refractivity contribution >= 4 is 0 Å². The first-order valence-corrected chi connectivity index (χ1v) is 6.87. The lowest BCUT2D eigenvalue weighted by atomic mass is 9.97. The van der Waals surface area contributed by atoms with Gasteiger partial charge in [-0.05, 0) is 36.8 Å². The molecule has 19 heavy (non-hydrogen) atoms. The highest BCUT2D eigenvalue weighted by molar-refractivity contribution is 5.21. The lowest BCUT2D eigenvalue weighted by molar-refractivity contribution is 0.143. The Balaban J connectivity index is 1.76. The first kappa shape index (κ1) is 14.1. The molecule has 0 amide bonds. The molecule has 1 aliphatic rings. The van der Waals surface area contributed by atoms with Crippen LogP contribution < -0.4 is 4.74 Å². The number of hydrogen-bond acceptors (Lipinski definition) is 3. The Kier molecular flexibility index (Phi) is 5.00. The summed E-state index contributed by atoms with van der Waals surface area (Å²) >= 11 is 0. The number of allylic oxidation sites excluding steroid dienone is 1. The molecule has 1 aliphatic carbocycles. The van der Waals surface area contributed by atoms with Gasteiger partial charge in [-0.15, -0.1) is 0 Å². The number of rotatable bonds is 5. The maximum atomic E-state index is 9.85. The minimum atomic E-state index is -0.606. The van der Waals surface area contributed by atoms with E-state index in [4.69, 9.17) is 4.74 Å². The summed E-state index contributed by atoms with van der Waals surface area (Å²) in [6.45, 7) is 2.39. The van der Waals surface area contributed by atoms with Gasteiger partial charge in [-0.2, -0.15) is 0 Å². The van der Waals surface area contributed by atoms with Crippen LogP contribution in [0.2, 0.25) is 0 Å². The van der Waals surface area contributed by atoms with Crippen LogP contribution >= 0.6 is 0 Å². The Morgan fingerprint density at radius 2 is 2.05 bits per heavy atom. The van der Waals surface area contributed by atoms with E-state index in [-0.39, 0.29) is 12.7 Å². The van der Waals surface area contributed by atoms with Crippen LogP contribution in [0.1, 0.15) is 19.8 Å². The normalized spacial score (nSPS) is 28.7. The van der Waals surface area contributed by atoms with Crippen molar-refractivity contribution in [1.29, 1.82) is 0 Å². The van der Waals surface area contributed by atoms with Crippen molar-refractivity contribution in [1.82, 2.24) is 0 Å². The van der Waals surface area contributed by atoms with Crippen molar-refractivity contribution in [3.8, 4) is 5.75 Å². The smallest absolute Gasteiger partial charge is 0.119 e. The van der Waals surface area contributed by atoms with Gasteiger partial charge in [0, 0.05) is 0 Å². The van der Waals surface area contributed by atoms with E-state index < -0.39 is 6.10 Å². The molecule has 2 rings (SSSR count). The Hall–Kier alpha value is -1.32. The number of ether oxygens (including phenoxy) is 1. The highest BCUT2D eigenvalue weighted by Crippen LogP contribution is 2.32. The molecular weight excluding hydrogens is 240 g/mol. The van der Waals surface area contributed by atoms with Crippen LogP contribution in [0, 0.1) is 11.8 Å². The van der Waals surface area contributed by atoms with E-state index in [1.165, 1.54) is 0 Å². The van der Waals surface area contributed by atoms with Gasteiger partial charge < -0.3 is 14.9 Å². The fourth-order valence-corrected chi connectivity index (χ4v) is 2.54. The zero-order valence-electron chi connectivity index (χ0n) is 11.3. The Labute approximate surface area is 114 Å². The van der Waals surface area contributed by atoms with Crippen LogP contribution in [0.3, 0.4) is 0 Å². The zero-order valence-corrected chi connectivity index (χ0v) is 11.3. The molecule has 0 saturated heterocycles. The number of aliphatic hydroxyl groups excluding tert-OH is 2. The summed E-state index contributed by atoms with van der Waals surface area (Å²) in [5, 5.41) is 19.4. The second kappa shape index (κ2) is 6.73. The first-order chi connectivity index (χ1) is 9.15. The van der Waals surface area contributed by atoms with Crippen LogP contribution in [0.5, 0.6) is 5.75 Å². The molecule has 0 bridgehead atoms. The molecule has 0 aliphatic heterocycles. The Morgan fingerprint density at radius 1 is 1.32 bits per heavy atom. The fourth-order valence-electron chi connectivity index (χ4n) is 2.54. The molecule has 1 aromatic rings. The molecule has 4 atom stereocenters. The summed E-state index contributed by atoms with van der Waals surface area (Å²) in [6.07, 6.45) is 4.64. The lowest BCUT2D eigenvalue weighted by Crippen LogP contribution is -2.15. The second-order valence-electron chi connectivity index (χ2n) is 5.34. The van der Waals surface area contributed by atoms with Crippen LogP contribution in [0.4, 0.5) is 0 Å². The van der Waals surface area contributed by atoms with Gasteiger partial charge in [0.1, 0.15) is 18.5 Å². The quantitative estimate of drug-likeness (QED) is 0.801. The molecular formula is C16H22O3. The maximum Gasteiger partial charge on any atom is 0.119 e. The number of aliphatic hydroxyl groups is 2. The van der Waals surface area contributed by atoms with E-state index in [0.29, 0.717) is 11.8 Å². The van der Waals surface area contributed by atoms with E-state index in [1.807, 2.05) is 36.4 Å². The van der Waals surface area contributed by atoms with E-state index in [1.54, 1.807) is 6.08 Å². The molecule has 1 unspecified atom stereocenters. The lowest BCUT2D eigenvalue weighted by Gasteiger charge is -2.12. The topological polar surface area (TPSA) is 49.7 Å². The zero-order chi connectivity index (χ0) is 13.7. The highest BCUT2D eigenvalue weighted by atomic mass is 16.5. The molecule has 0 aromatic heterocycles. The largest absolute Gasteiger partial charge is 0.491 e. The summed E-state index contributed by atoms with van der Waals surface area (Å²) < 4.78 is 5.48. The van der Waals surface area contributed by atoms with Gasteiger partial charge in [0.2, 0.25) is 0 Å². The number of para-hydroxylation sites is 1. The molecule has 1 aromatic carbocycles. The molecule has 3 nitrogen and oxygen atoms in total. The third kappa shape index (κ3) is 4.37. The van der Waals surface area contributed by atoms with Gasteiger partial charge in [0.25, 0.3) is 0 Å². The minimum absolute atomic E-state index is 0.192. The predicted molar refractivity (Wildman–Crippen MR) is 75.0 cm³/mol. The second-order valence-corrected chi connectivity index (χ2v) is 5.34. The van der Waals surface area contributed by atoms with Gasteiger partial charge >= 0.3 is 0 Å². The van der Waals surface area contributed by atoms with Crippen LogP contribution in [0.25, 0.3) is 0 Å². The molecule has 2 N–H and O–H groups in total. The molecule has 0 radical (unpaired) electrons. The molecule has 1 saturated carbocycles. The molecule has 0 heterocycles. The third-order valence-electron chi connectivity index (χ3n) is 3.66. The third-order valence-corrected chi connectivity index (χ3v) is 3.66. The predicted octanol–water partition coefficient (Wildman–Crippen LogP) is 2.39. The van der Waals surface area contributed by atoms with Gasteiger partial charge in [0.05, 0.1) is 6.10 Å². The average Bonchev–Trinajstić information content (AvgIpc) is 2.73. The van der Waals surface area contributed by atoms with Crippen molar-refractivity contribution in [3.63, 3.8) is 0 Å². The summed E-state index contributed by atoms with van der Waals surface area (Å²) in [4.78, 5) is 0. The van der Waals surface area contributed by atoms with E-state index in [0.717, 1.165) is 18.6 Å². The van der Waals surface area contributed by atoms with Crippen LogP contribution in [0.15, 0.2) is 42.5 Å². The van der Waals surface area contributed by atoms with E-state index >= 15 is 0 Å². The van der Waals surface area contributed by atoms with E-state index in [9.17, 15) is 10.2 Å². The van der Waals surface area contributed by atoms with Gasteiger partial charge in [0.15, 0.2) is 0 Å². The molecule has 3 heteroatoms. The van der Waals surface area contributed by atoms with Crippen molar-refractivity contribution in [2.24, 2.45) is 11.8 Å². The van der Waals surface area contributed by atoms with E-state index in [2.05, 4.69) is 6.92 Å². The van der Waals surface area contributed by atoms with Crippen LogP contribution in [-0.4, -0.2) is 29.0 Å². The Morgan fingerprint density at radius 3 is 2.68 bits per heavy atom. The molecule has 0 spiro atoms. The molecule has 104 valence electrons. The fraction of sp³-hybridized carbons (Fsp3) is 0.500.